The van der Waals surface area contributed by atoms with Crippen molar-refractivity contribution in [1.29, 1.82) is 0 Å². The summed E-state index contributed by atoms with van der Waals surface area (Å²) >= 11 is 1.73. The standard InChI is InChI=1S/C20H22N2O3S/c23-20(16-12-15-4-1-2-5-18(15)25-14-16)21-13-17(19-6-3-11-26-19)22-7-9-24-10-8-22/h1-6,11-12,17H,7-10,13-14H2,(H,21,23). The van der Waals surface area contributed by atoms with Gasteiger partial charge in [0.25, 0.3) is 5.91 Å². The van der Waals surface area contributed by atoms with Crippen molar-refractivity contribution in [1.82, 2.24) is 10.2 Å². The molecular formula is C20H22N2O3S. The molecule has 136 valence electrons. The van der Waals surface area contributed by atoms with Gasteiger partial charge in [0.2, 0.25) is 0 Å². The minimum Gasteiger partial charge on any atom is -0.488 e. The van der Waals surface area contributed by atoms with Crippen LogP contribution in [0.2, 0.25) is 0 Å². The van der Waals surface area contributed by atoms with Crippen molar-refractivity contribution >= 4 is 23.3 Å². The Morgan fingerprint density at radius 3 is 2.85 bits per heavy atom. The molecule has 1 atom stereocenters. The Labute approximate surface area is 157 Å². The summed E-state index contributed by atoms with van der Waals surface area (Å²) in [5.74, 6) is 0.767. The number of fused-ring (bicyclic) bond motifs is 1. The third kappa shape index (κ3) is 3.82. The van der Waals surface area contributed by atoms with Crippen molar-refractivity contribution in [2.45, 2.75) is 6.04 Å². The van der Waals surface area contributed by atoms with E-state index < -0.39 is 0 Å². The maximum atomic E-state index is 12.7. The molecule has 4 rings (SSSR count). The number of rotatable bonds is 5. The highest BCUT2D eigenvalue weighted by molar-refractivity contribution is 7.10. The van der Waals surface area contributed by atoms with E-state index in [2.05, 4.69) is 27.7 Å². The second-order valence-electron chi connectivity index (χ2n) is 6.39. The van der Waals surface area contributed by atoms with Crippen molar-refractivity contribution in [3.63, 3.8) is 0 Å². The lowest BCUT2D eigenvalue weighted by Gasteiger charge is -2.34. The van der Waals surface area contributed by atoms with Gasteiger partial charge in [0.05, 0.1) is 24.8 Å². The van der Waals surface area contributed by atoms with E-state index in [1.807, 2.05) is 30.3 Å². The molecule has 0 aliphatic carbocycles. The number of carbonyl (C=O) groups is 1. The van der Waals surface area contributed by atoms with Crippen LogP contribution in [0.15, 0.2) is 47.4 Å². The summed E-state index contributed by atoms with van der Waals surface area (Å²) in [6.45, 7) is 4.15. The first-order chi connectivity index (χ1) is 12.8. The molecule has 0 saturated carbocycles. The Balaban J connectivity index is 1.44. The van der Waals surface area contributed by atoms with Gasteiger partial charge >= 0.3 is 0 Å². The first-order valence-electron chi connectivity index (χ1n) is 8.87. The van der Waals surface area contributed by atoms with Gasteiger partial charge in [-0.2, -0.15) is 0 Å². The second kappa shape index (κ2) is 8.03. The van der Waals surface area contributed by atoms with Gasteiger partial charge in [-0.25, -0.2) is 0 Å². The van der Waals surface area contributed by atoms with Crippen LogP contribution in [0.1, 0.15) is 16.5 Å². The molecule has 2 aromatic rings. The number of ether oxygens (including phenoxy) is 2. The minimum absolute atomic E-state index is 0.0608. The van der Waals surface area contributed by atoms with Gasteiger partial charge in [0.1, 0.15) is 12.4 Å². The maximum Gasteiger partial charge on any atom is 0.250 e. The highest BCUT2D eigenvalue weighted by Gasteiger charge is 2.25. The number of benzene rings is 1. The van der Waals surface area contributed by atoms with Crippen LogP contribution in [-0.4, -0.2) is 50.3 Å². The Hall–Kier alpha value is -2.15. The van der Waals surface area contributed by atoms with E-state index in [4.69, 9.17) is 9.47 Å². The average Bonchev–Trinajstić information content (AvgIpc) is 3.23. The molecule has 2 aliphatic rings. The van der Waals surface area contributed by atoms with Crippen LogP contribution in [-0.2, 0) is 9.53 Å². The van der Waals surface area contributed by atoms with Gasteiger partial charge in [-0.05, 0) is 23.6 Å². The normalized spacial score (nSPS) is 18.4. The number of hydrogen-bond acceptors (Lipinski definition) is 5. The number of thiophene rings is 1. The Kier molecular flexibility index (Phi) is 5.34. The molecule has 1 amide bonds. The van der Waals surface area contributed by atoms with E-state index in [9.17, 15) is 4.79 Å². The van der Waals surface area contributed by atoms with E-state index >= 15 is 0 Å². The number of hydrogen-bond donors (Lipinski definition) is 1. The van der Waals surface area contributed by atoms with Gasteiger partial charge < -0.3 is 14.8 Å². The van der Waals surface area contributed by atoms with E-state index in [0.29, 0.717) is 18.7 Å². The first kappa shape index (κ1) is 17.3. The quantitative estimate of drug-likeness (QED) is 0.879. The van der Waals surface area contributed by atoms with Crippen molar-refractivity contribution in [2.75, 3.05) is 39.5 Å². The number of nitrogens with one attached hydrogen (secondary N) is 1. The fourth-order valence-corrected chi connectivity index (χ4v) is 4.19. The molecular weight excluding hydrogens is 348 g/mol. The molecule has 0 spiro atoms. The Bertz CT molecular complexity index is 782. The fourth-order valence-electron chi connectivity index (χ4n) is 3.33. The lowest BCUT2D eigenvalue weighted by molar-refractivity contribution is -0.118. The van der Waals surface area contributed by atoms with Crippen molar-refractivity contribution in [3.8, 4) is 5.75 Å². The van der Waals surface area contributed by atoms with Crippen molar-refractivity contribution < 1.29 is 14.3 Å². The van der Waals surface area contributed by atoms with Gasteiger partial charge in [0, 0.05) is 30.1 Å². The minimum atomic E-state index is -0.0608. The summed E-state index contributed by atoms with van der Waals surface area (Å²) in [7, 11) is 0. The van der Waals surface area contributed by atoms with E-state index in [1.54, 1.807) is 11.3 Å². The van der Waals surface area contributed by atoms with Crippen LogP contribution >= 0.6 is 11.3 Å². The highest BCUT2D eigenvalue weighted by Crippen LogP contribution is 2.27. The average molecular weight is 370 g/mol. The molecule has 6 heteroatoms. The molecule has 1 saturated heterocycles. The van der Waals surface area contributed by atoms with Crippen LogP contribution in [0, 0.1) is 0 Å². The van der Waals surface area contributed by atoms with Gasteiger partial charge in [-0.15, -0.1) is 11.3 Å². The SMILES string of the molecule is O=C(NCC(c1cccs1)N1CCOCC1)C1=Cc2ccccc2OC1. The molecule has 5 nitrogen and oxygen atoms in total. The molecule has 26 heavy (non-hydrogen) atoms. The predicted molar refractivity (Wildman–Crippen MR) is 102 cm³/mol. The first-order valence-corrected chi connectivity index (χ1v) is 9.75. The smallest absolute Gasteiger partial charge is 0.250 e. The third-order valence-electron chi connectivity index (χ3n) is 4.74. The summed E-state index contributed by atoms with van der Waals surface area (Å²) in [6, 6.07) is 12.1. The fraction of sp³-hybridized carbons (Fsp3) is 0.350. The molecule has 1 N–H and O–H groups in total. The number of nitrogens with zero attached hydrogens (tertiary/aromatic N) is 1. The molecule has 0 radical (unpaired) electrons. The summed E-state index contributed by atoms with van der Waals surface area (Å²) in [6.07, 6.45) is 1.92. The molecule has 2 aliphatic heterocycles. The maximum absolute atomic E-state index is 12.7. The van der Waals surface area contributed by atoms with Crippen LogP contribution in [0.25, 0.3) is 6.08 Å². The largest absolute Gasteiger partial charge is 0.488 e. The van der Waals surface area contributed by atoms with E-state index in [0.717, 1.165) is 37.6 Å². The van der Waals surface area contributed by atoms with Crippen molar-refractivity contribution in [3.05, 3.63) is 57.8 Å². The molecule has 1 unspecified atom stereocenters. The second-order valence-corrected chi connectivity index (χ2v) is 7.36. The Morgan fingerprint density at radius 2 is 2.04 bits per heavy atom. The topological polar surface area (TPSA) is 50.8 Å². The summed E-state index contributed by atoms with van der Waals surface area (Å²) in [5.41, 5.74) is 1.61. The van der Waals surface area contributed by atoms with Crippen LogP contribution in [0.5, 0.6) is 5.75 Å². The molecule has 1 fully saturated rings. The molecule has 1 aromatic heterocycles. The lowest BCUT2D eigenvalue weighted by atomic mass is 10.1. The predicted octanol–water partition coefficient (Wildman–Crippen LogP) is 2.71. The van der Waals surface area contributed by atoms with Gasteiger partial charge in [-0.1, -0.05) is 24.3 Å². The van der Waals surface area contributed by atoms with Gasteiger partial charge in [0.15, 0.2) is 0 Å². The number of amides is 1. The summed E-state index contributed by atoms with van der Waals surface area (Å²) in [4.78, 5) is 16.3. The molecule has 3 heterocycles. The Morgan fingerprint density at radius 1 is 1.19 bits per heavy atom. The zero-order valence-electron chi connectivity index (χ0n) is 14.5. The van der Waals surface area contributed by atoms with Gasteiger partial charge in [-0.3, -0.25) is 9.69 Å². The lowest BCUT2D eigenvalue weighted by Crippen LogP contribution is -2.44. The molecule has 0 bridgehead atoms. The summed E-state index contributed by atoms with van der Waals surface area (Å²) < 4.78 is 11.2. The van der Waals surface area contributed by atoms with Crippen LogP contribution in [0.3, 0.4) is 0 Å². The monoisotopic (exact) mass is 370 g/mol. The number of carbonyl (C=O) groups excluding carboxylic acids is 1. The number of para-hydroxylation sites is 1. The highest BCUT2D eigenvalue weighted by atomic mass is 32.1. The summed E-state index contributed by atoms with van der Waals surface area (Å²) in [5, 5.41) is 5.19. The van der Waals surface area contributed by atoms with Crippen LogP contribution in [0.4, 0.5) is 0 Å². The third-order valence-corrected chi connectivity index (χ3v) is 5.71. The van der Waals surface area contributed by atoms with E-state index in [-0.39, 0.29) is 11.9 Å². The van der Waals surface area contributed by atoms with E-state index in [1.165, 1.54) is 4.88 Å². The van der Waals surface area contributed by atoms with Crippen molar-refractivity contribution in [2.24, 2.45) is 0 Å². The zero-order valence-corrected chi connectivity index (χ0v) is 15.3. The molecule has 1 aromatic carbocycles. The number of morpholine rings is 1. The van der Waals surface area contributed by atoms with Crippen LogP contribution < -0.4 is 10.1 Å². The zero-order chi connectivity index (χ0) is 17.8.